The molecule has 0 unspecified atom stereocenters. The maximum Gasteiger partial charge on any atom is 0.124 e. The highest BCUT2D eigenvalue weighted by Gasteiger charge is 2.08. The monoisotopic (exact) mass is 259 g/mol. The van der Waals surface area contributed by atoms with Crippen molar-refractivity contribution in [3.8, 4) is 5.75 Å². The van der Waals surface area contributed by atoms with Crippen LogP contribution in [0.4, 0.5) is 0 Å². The van der Waals surface area contributed by atoms with E-state index in [0.29, 0.717) is 6.61 Å². The van der Waals surface area contributed by atoms with Gasteiger partial charge in [0.2, 0.25) is 0 Å². The summed E-state index contributed by atoms with van der Waals surface area (Å²) in [5.74, 6) is 0.879. The van der Waals surface area contributed by atoms with Gasteiger partial charge in [-0.25, -0.2) is 0 Å². The Bertz CT molecular complexity index is 546. The highest BCUT2D eigenvalue weighted by atomic mass is 16.5. The third-order valence-corrected chi connectivity index (χ3v) is 3.06. The molecule has 0 aliphatic rings. The van der Waals surface area contributed by atoms with Crippen LogP contribution >= 0.6 is 0 Å². The fourth-order valence-electron chi connectivity index (χ4n) is 2.03. The minimum Gasteiger partial charge on any atom is -0.493 e. The lowest BCUT2D eigenvalue weighted by molar-refractivity contribution is 0.317. The first-order valence-corrected chi connectivity index (χ1v) is 6.52. The van der Waals surface area contributed by atoms with Gasteiger partial charge in [0.1, 0.15) is 5.75 Å². The van der Waals surface area contributed by atoms with E-state index in [0.717, 1.165) is 17.7 Å². The van der Waals surface area contributed by atoms with Crippen LogP contribution in [0.15, 0.2) is 30.6 Å². The maximum absolute atomic E-state index is 5.98. The molecule has 2 rings (SSSR count). The number of ether oxygens (including phenoxy) is 1. The summed E-state index contributed by atoms with van der Waals surface area (Å²) in [5.41, 5.74) is 9.42. The SMILES string of the molecule is Cc1ccc(OCCc2cnn(C)c2)c([C@H](C)N)c1. The second-order valence-electron chi connectivity index (χ2n) is 4.95. The fourth-order valence-corrected chi connectivity index (χ4v) is 2.03. The van der Waals surface area contributed by atoms with Crippen LogP contribution in [0.1, 0.15) is 29.7 Å². The summed E-state index contributed by atoms with van der Waals surface area (Å²) >= 11 is 0. The first-order valence-electron chi connectivity index (χ1n) is 6.52. The molecule has 1 aromatic heterocycles. The summed E-state index contributed by atoms with van der Waals surface area (Å²) in [6.07, 6.45) is 4.72. The molecule has 4 nitrogen and oxygen atoms in total. The Balaban J connectivity index is 1.99. The molecule has 0 fully saturated rings. The molecule has 0 spiro atoms. The van der Waals surface area contributed by atoms with Crippen LogP contribution in [-0.2, 0) is 13.5 Å². The largest absolute Gasteiger partial charge is 0.493 e. The van der Waals surface area contributed by atoms with E-state index in [9.17, 15) is 0 Å². The van der Waals surface area contributed by atoms with E-state index in [-0.39, 0.29) is 6.04 Å². The summed E-state index contributed by atoms with van der Waals surface area (Å²) in [6, 6.07) is 6.11. The van der Waals surface area contributed by atoms with Crippen molar-refractivity contribution < 1.29 is 4.74 Å². The fraction of sp³-hybridized carbons (Fsp3) is 0.400. The summed E-state index contributed by atoms with van der Waals surface area (Å²) in [5, 5.41) is 4.14. The molecule has 102 valence electrons. The van der Waals surface area contributed by atoms with Crippen molar-refractivity contribution in [2.45, 2.75) is 26.3 Å². The molecule has 1 atom stereocenters. The molecule has 0 saturated carbocycles. The number of aryl methyl sites for hydroxylation is 2. The van der Waals surface area contributed by atoms with E-state index in [4.69, 9.17) is 10.5 Å². The van der Waals surface area contributed by atoms with Gasteiger partial charge in [0.15, 0.2) is 0 Å². The van der Waals surface area contributed by atoms with Gasteiger partial charge in [-0.05, 0) is 25.5 Å². The molecule has 0 amide bonds. The lowest BCUT2D eigenvalue weighted by Crippen LogP contribution is -2.09. The van der Waals surface area contributed by atoms with E-state index < -0.39 is 0 Å². The molecule has 4 heteroatoms. The van der Waals surface area contributed by atoms with Gasteiger partial charge in [-0.3, -0.25) is 4.68 Å². The summed E-state index contributed by atoms with van der Waals surface area (Å²) in [7, 11) is 1.92. The highest BCUT2D eigenvalue weighted by molar-refractivity contribution is 5.38. The molecule has 2 aromatic rings. The Kier molecular flexibility index (Phi) is 4.22. The minimum atomic E-state index is -0.0201. The van der Waals surface area contributed by atoms with Crippen LogP contribution in [0.3, 0.4) is 0 Å². The van der Waals surface area contributed by atoms with Gasteiger partial charge in [0.25, 0.3) is 0 Å². The van der Waals surface area contributed by atoms with E-state index in [2.05, 4.69) is 18.1 Å². The number of nitrogens with zero attached hydrogens (tertiary/aromatic N) is 2. The first kappa shape index (κ1) is 13.6. The lowest BCUT2D eigenvalue weighted by Gasteiger charge is -2.14. The topological polar surface area (TPSA) is 53.1 Å². The third-order valence-electron chi connectivity index (χ3n) is 3.06. The molecule has 0 aliphatic carbocycles. The second kappa shape index (κ2) is 5.89. The van der Waals surface area contributed by atoms with Crippen LogP contribution < -0.4 is 10.5 Å². The summed E-state index contributed by atoms with van der Waals surface area (Å²) < 4.78 is 7.65. The standard InChI is InChI=1S/C15H21N3O/c1-11-4-5-15(14(8-11)12(2)16)19-7-6-13-9-17-18(3)10-13/h4-5,8-10,12H,6-7,16H2,1-3H3/t12-/m0/s1. The van der Waals surface area contributed by atoms with Crippen molar-refractivity contribution >= 4 is 0 Å². The quantitative estimate of drug-likeness (QED) is 0.897. The molecule has 1 aromatic carbocycles. The van der Waals surface area contributed by atoms with Crippen LogP contribution in [0.2, 0.25) is 0 Å². The molecular weight excluding hydrogens is 238 g/mol. The van der Waals surface area contributed by atoms with Crippen LogP contribution in [0.5, 0.6) is 5.75 Å². The van der Waals surface area contributed by atoms with Gasteiger partial charge in [0, 0.05) is 31.3 Å². The van der Waals surface area contributed by atoms with E-state index in [1.807, 2.05) is 38.5 Å². The summed E-state index contributed by atoms with van der Waals surface area (Å²) in [4.78, 5) is 0. The van der Waals surface area contributed by atoms with Crippen LogP contribution in [-0.4, -0.2) is 16.4 Å². The number of benzene rings is 1. The predicted molar refractivity (Wildman–Crippen MR) is 76.2 cm³/mol. The van der Waals surface area contributed by atoms with Crippen molar-refractivity contribution in [3.63, 3.8) is 0 Å². The highest BCUT2D eigenvalue weighted by Crippen LogP contribution is 2.25. The number of nitrogens with two attached hydrogens (primary N) is 1. The van der Waals surface area contributed by atoms with Gasteiger partial charge in [-0.15, -0.1) is 0 Å². The molecule has 0 radical (unpaired) electrons. The summed E-state index contributed by atoms with van der Waals surface area (Å²) in [6.45, 7) is 4.67. The molecule has 0 saturated heterocycles. The Morgan fingerprint density at radius 3 is 2.84 bits per heavy atom. The van der Waals surface area contributed by atoms with Crippen molar-refractivity contribution in [2.75, 3.05) is 6.61 Å². The second-order valence-corrected chi connectivity index (χ2v) is 4.95. The Morgan fingerprint density at radius 1 is 1.42 bits per heavy atom. The first-order chi connectivity index (χ1) is 9.06. The molecular formula is C15H21N3O. The zero-order chi connectivity index (χ0) is 13.8. The zero-order valence-electron chi connectivity index (χ0n) is 11.8. The Labute approximate surface area is 114 Å². The van der Waals surface area contributed by atoms with Crippen molar-refractivity contribution in [1.82, 2.24) is 9.78 Å². The third kappa shape index (κ3) is 3.58. The molecule has 1 heterocycles. The van der Waals surface area contributed by atoms with E-state index in [1.165, 1.54) is 11.1 Å². The number of hydrogen-bond donors (Lipinski definition) is 1. The number of hydrogen-bond acceptors (Lipinski definition) is 3. The maximum atomic E-state index is 5.98. The van der Waals surface area contributed by atoms with Crippen LogP contribution in [0.25, 0.3) is 0 Å². The van der Waals surface area contributed by atoms with E-state index >= 15 is 0 Å². The van der Waals surface area contributed by atoms with Gasteiger partial charge < -0.3 is 10.5 Å². The average Bonchev–Trinajstić information content (AvgIpc) is 2.77. The molecule has 19 heavy (non-hydrogen) atoms. The number of rotatable bonds is 5. The molecule has 2 N–H and O–H groups in total. The normalized spacial score (nSPS) is 12.4. The smallest absolute Gasteiger partial charge is 0.124 e. The molecule has 0 bridgehead atoms. The molecule has 0 aliphatic heterocycles. The van der Waals surface area contributed by atoms with Crippen molar-refractivity contribution in [3.05, 3.63) is 47.3 Å². The average molecular weight is 259 g/mol. The Morgan fingerprint density at radius 2 is 2.21 bits per heavy atom. The zero-order valence-corrected chi connectivity index (χ0v) is 11.8. The number of aromatic nitrogens is 2. The Hall–Kier alpha value is -1.81. The van der Waals surface area contributed by atoms with Gasteiger partial charge in [-0.1, -0.05) is 17.7 Å². The van der Waals surface area contributed by atoms with Gasteiger partial charge in [0.05, 0.1) is 12.8 Å². The van der Waals surface area contributed by atoms with Gasteiger partial charge >= 0.3 is 0 Å². The lowest BCUT2D eigenvalue weighted by atomic mass is 10.1. The predicted octanol–water partition coefficient (Wildman–Crippen LogP) is 2.37. The van der Waals surface area contributed by atoms with E-state index in [1.54, 1.807) is 4.68 Å². The minimum absolute atomic E-state index is 0.0201. The van der Waals surface area contributed by atoms with Crippen LogP contribution in [0, 0.1) is 6.92 Å². The van der Waals surface area contributed by atoms with Crippen molar-refractivity contribution in [1.29, 1.82) is 0 Å². The van der Waals surface area contributed by atoms with Crippen molar-refractivity contribution in [2.24, 2.45) is 12.8 Å². The van der Waals surface area contributed by atoms with Gasteiger partial charge in [-0.2, -0.15) is 5.10 Å².